The first kappa shape index (κ1) is 16.7. The van der Waals surface area contributed by atoms with Gasteiger partial charge < -0.3 is 10.3 Å². The fraction of sp³-hybridized carbons (Fsp3) is 0.200. The van der Waals surface area contributed by atoms with Crippen LogP contribution in [-0.2, 0) is 11.3 Å². The van der Waals surface area contributed by atoms with Crippen molar-refractivity contribution in [1.29, 1.82) is 0 Å². The number of H-pyrrole nitrogens is 1. The first-order valence-electron chi connectivity index (χ1n) is 8.67. The van der Waals surface area contributed by atoms with Crippen LogP contribution in [0.5, 0.6) is 0 Å². The molecule has 0 radical (unpaired) electrons. The minimum absolute atomic E-state index is 0.0594. The summed E-state index contributed by atoms with van der Waals surface area (Å²) in [6, 6.07) is 16.3. The van der Waals surface area contributed by atoms with Crippen LogP contribution in [0.15, 0.2) is 65.8 Å². The largest absolute Gasteiger partial charge is 0.360 e. The first-order valence-corrected chi connectivity index (χ1v) is 9.66. The van der Waals surface area contributed by atoms with Crippen LogP contribution in [0.4, 0.5) is 0 Å². The zero-order chi connectivity index (χ0) is 17.8. The van der Waals surface area contributed by atoms with Gasteiger partial charge in [-0.2, -0.15) is 5.10 Å². The minimum atomic E-state index is 0.0594. The van der Waals surface area contributed by atoms with Crippen molar-refractivity contribution in [2.45, 2.75) is 17.9 Å². The van der Waals surface area contributed by atoms with Gasteiger partial charge in [-0.3, -0.25) is 9.48 Å². The molecule has 4 rings (SSSR count). The van der Waals surface area contributed by atoms with Crippen molar-refractivity contribution in [1.82, 2.24) is 20.1 Å². The lowest BCUT2D eigenvalue weighted by Gasteiger charge is -2.06. The Labute approximate surface area is 155 Å². The van der Waals surface area contributed by atoms with Gasteiger partial charge in [-0.05, 0) is 12.1 Å². The molecule has 2 heterocycles. The van der Waals surface area contributed by atoms with E-state index >= 15 is 0 Å². The molecule has 0 atom stereocenters. The maximum absolute atomic E-state index is 12.1. The third kappa shape index (κ3) is 3.60. The van der Waals surface area contributed by atoms with Gasteiger partial charge in [0.25, 0.3) is 0 Å². The molecule has 0 aliphatic rings. The summed E-state index contributed by atoms with van der Waals surface area (Å²) in [5.74, 6) is 0.905. The highest BCUT2D eigenvalue weighted by atomic mass is 32.2. The van der Waals surface area contributed by atoms with Gasteiger partial charge in [0.2, 0.25) is 5.91 Å². The maximum Gasteiger partial charge on any atom is 0.221 e. The smallest absolute Gasteiger partial charge is 0.221 e. The number of aryl methyl sites for hydroxylation is 1. The van der Waals surface area contributed by atoms with Crippen molar-refractivity contribution in [3.8, 4) is 0 Å². The normalized spacial score (nSPS) is 11.2. The summed E-state index contributed by atoms with van der Waals surface area (Å²) in [6.07, 6.45) is 4.30. The summed E-state index contributed by atoms with van der Waals surface area (Å²) in [6.45, 7) is 1.25. The number of nitrogens with one attached hydrogen (secondary N) is 2. The van der Waals surface area contributed by atoms with E-state index in [4.69, 9.17) is 0 Å². The quantitative estimate of drug-likeness (QED) is 0.387. The van der Waals surface area contributed by atoms with Crippen LogP contribution in [0.25, 0.3) is 21.8 Å². The molecule has 2 aromatic carbocycles. The molecule has 0 fully saturated rings. The van der Waals surface area contributed by atoms with E-state index < -0.39 is 0 Å². The Morgan fingerprint density at radius 1 is 1.15 bits per heavy atom. The third-order valence-corrected chi connectivity index (χ3v) is 5.39. The van der Waals surface area contributed by atoms with Gasteiger partial charge in [-0.1, -0.05) is 36.4 Å². The molecule has 2 aromatic heterocycles. The Balaban J connectivity index is 1.23. The number of aromatic nitrogens is 3. The van der Waals surface area contributed by atoms with Crippen molar-refractivity contribution in [2.24, 2.45) is 0 Å². The average molecular weight is 364 g/mol. The van der Waals surface area contributed by atoms with Gasteiger partial charge in [-0.25, -0.2) is 0 Å². The minimum Gasteiger partial charge on any atom is -0.360 e. The van der Waals surface area contributed by atoms with Crippen molar-refractivity contribution in [3.63, 3.8) is 0 Å². The summed E-state index contributed by atoms with van der Waals surface area (Å²) >= 11 is 1.75. The first-order chi connectivity index (χ1) is 12.8. The number of rotatable bonds is 7. The van der Waals surface area contributed by atoms with Crippen molar-refractivity contribution < 1.29 is 4.79 Å². The SMILES string of the molecule is O=C(CCn1ncc2ccccc21)NCCSc1c[nH]c2ccccc12. The van der Waals surface area contributed by atoms with E-state index in [1.165, 1.54) is 10.3 Å². The van der Waals surface area contributed by atoms with Gasteiger partial charge >= 0.3 is 0 Å². The van der Waals surface area contributed by atoms with Crippen LogP contribution in [-0.4, -0.2) is 33.0 Å². The second-order valence-electron chi connectivity index (χ2n) is 6.07. The molecular formula is C20H20N4OS. The van der Waals surface area contributed by atoms with Crippen molar-refractivity contribution in [3.05, 3.63) is 60.9 Å². The molecule has 0 spiro atoms. The number of amides is 1. The van der Waals surface area contributed by atoms with E-state index in [1.54, 1.807) is 11.8 Å². The summed E-state index contributed by atoms with van der Waals surface area (Å²) in [5, 5.41) is 9.68. The van der Waals surface area contributed by atoms with Crippen LogP contribution in [0.2, 0.25) is 0 Å². The van der Waals surface area contributed by atoms with E-state index in [1.807, 2.05) is 53.5 Å². The third-order valence-electron chi connectivity index (χ3n) is 4.33. The molecule has 0 saturated heterocycles. The number of aromatic amines is 1. The second-order valence-corrected chi connectivity index (χ2v) is 7.21. The highest BCUT2D eigenvalue weighted by Gasteiger charge is 2.06. The predicted octanol–water partition coefficient (Wildman–Crippen LogP) is 3.82. The van der Waals surface area contributed by atoms with Crippen LogP contribution in [0.3, 0.4) is 0 Å². The molecule has 26 heavy (non-hydrogen) atoms. The molecule has 2 N–H and O–H groups in total. The summed E-state index contributed by atoms with van der Waals surface area (Å²) < 4.78 is 1.88. The fourth-order valence-corrected chi connectivity index (χ4v) is 3.92. The molecule has 0 bridgehead atoms. The molecule has 0 aliphatic heterocycles. The molecule has 0 saturated carbocycles. The Bertz CT molecular complexity index is 1040. The number of hydrogen-bond acceptors (Lipinski definition) is 3. The van der Waals surface area contributed by atoms with Crippen LogP contribution in [0.1, 0.15) is 6.42 Å². The standard InChI is InChI=1S/C20H20N4OS/c25-20(9-11-24-18-8-4-1-5-15(18)13-23-24)21-10-12-26-19-14-22-17-7-3-2-6-16(17)19/h1-8,13-14,22H,9-12H2,(H,21,25). The fourth-order valence-electron chi connectivity index (χ4n) is 3.02. The number of nitrogens with zero attached hydrogens (tertiary/aromatic N) is 2. The van der Waals surface area contributed by atoms with Gasteiger partial charge in [0.15, 0.2) is 0 Å². The molecule has 6 heteroatoms. The summed E-state index contributed by atoms with van der Waals surface area (Å²) in [7, 11) is 0. The zero-order valence-electron chi connectivity index (χ0n) is 14.3. The summed E-state index contributed by atoms with van der Waals surface area (Å²) in [5.41, 5.74) is 2.21. The number of fused-ring (bicyclic) bond motifs is 2. The van der Waals surface area contributed by atoms with Crippen LogP contribution in [0, 0.1) is 0 Å². The highest BCUT2D eigenvalue weighted by Crippen LogP contribution is 2.27. The second kappa shape index (κ2) is 7.66. The van der Waals surface area contributed by atoms with Crippen LogP contribution >= 0.6 is 11.8 Å². The average Bonchev–Trinajstić information content (AvgIpc) is 3.28. The molecule has 1 amide bonds. The van der Waals surface area contributed by atoms with Crippen molar-refractivity contribution in [2.75, 3.05) is 12.3 Å². The number of carbonyl (C=O) groups excluding carboxylic acids is 1. The van der Waals surface area contributed by atoms with Crippen LogP contribution < -0.4 is 5.32 Å². The van der Waals surface area contributed by atoms with E-state index in [9.17, 15) is 4.79 Å². The van der Waals surface area contributed by atoms with E-state index in [0.29, 0.717) is 19.5 Å². The topological polar surface area (TPSA) is 62.7 Å². The molecule has 5 nitrogen and oxygen atoms in total. The lowest BCUT2D eigenvalue weighted by Crippen LogP contribution is -2.26. The number of thioether (sulfide) groups is 1. The van der Waals surface area contributed by atoms with Gasteiger partial charge in [0.1, 0.15) is 0 Å². The Morgan fingerprint density at radius 2 is 2.00 bits per heavy atom. The maximum atomic E-state index is 12.1. The summed E-state index contributed by atoms with van der Waals surface area (Å²) in [4.78, 5) is 16.6. The van der Waals surface area contributed by atoms with Gasteiger partial charge in [0, 0.05) is 46.1 Å². The molecule has 0 unspecified atom stereocenters. The highest BCUT2D eigenvalue weighted by molar-refractivity contribution is 7.99. The monoisotopic (exact) mass is 364 g/mol. The Morgan fingerprint density at radius 3 is 2.96 bits per heavy atom. The van der Waals surface area contributed by atoms with Crippen molar-refractivity contribution >= 4 is 39.5 Å². The molecule has 132 valence electrons. The van der Waals surface area contributed by atoms with Gasteiger partial charge in [-0.15, -0.1) is 11.8 Å². The lowest BCUT2D eigenvalue weighted by molar-refractivity contribution is -0.121. The predicted molar refractivity (Wildman–Crippen MR) is 106 cm³/mol. The zero-order valence-corrected chi connectivity index (χ0v) is 15.1. The van der Waals surface area contributed by atoms with Gasteiger partial charge in [0.05, 0.1) is 18.3 Å². The lowest BCUT2D eigenvalue weighted by atomic mass is 10.2. The van der Waals surface area contributed by atoms with E-state index in [2.05, 4.69) is 27.5 Å². The molecule has 4 aromatic rings. The number of benzene rings is 2. The number of hydrogen-bond donors (Lipinski definition) is 2. The Hall–Kier alpha value is -2.73. The Kier molecular flexibility index (Phi) is 4.93. The molecular weight excluding hydrogens is 344 g/mol. The number of carbonyl (C=O) groups is 1. The molecule has 0 aliphatic carbocycles. The van der Waals surface area contributed by atoms with E-state index in [-0.39, 0.29) is 5.91 Å². The van der Waals surface area contributed by atoms with E-state index in [0.717, 1.165) is 22.2 Å². The number of para-hydroxylation sites is 2.